The summed E-state index contributed by atoms with van der Waals surface area (Å²) in [4.78, 5) is 24.6. The average molecular weight is 382 g/mol. The summed E-state index contributed by atoms with van der Waals surface area (Å²) in [6.45, 7) is 1.13. The Bertz CT molecular complexity index is 886. The number of carbonyl (C=O) groups excluding carboxylic acids is 1. The van der Waals surface area contributed by atoms with Crippen LogP contribution in [0.1, 0.15) is 34.9 Å². The van der Waals surface area contributed by atoms with E-state index < -0.39 is 4.92 Å². The zero-order valence-corrected chi connectivity index (χ0v) is 15.0. The van der Waals surface area contributed by atoms with Crippen LogP contribution in [0.15, 0.2) is 18.2 Å². The predicted molar refractivity (Wildman–Crippen MR) is 94.4 cm³/mol. The highest BCUT2D eigenvalue weighted by Gasteiger charge is 2.28. The van der Waals surface area contributed by atoms with Crippen LogP contribution >= 0.6 is 23.8 Å². The van der Waals surface area contributed by atoms with Crippen LogP contribution in [-0.2, 0) is 7.05 Å². The van der Waals surface area contributed by atoms with Gasteiger partial charge >= 0.3 is 0 Å². The Kier molecular flexibility index (Phi) is 4.87. The Balaban J connectivity index is 1.70. The Labute approximate surface area is 153 Å². The minimum Gasteiger partial charge on any atom is -0.339 e. The Morgan fingerprint density at radius 1 is 1.44 bits per heavy atom. The van der Waals surface area contributed by atoms with E-state index in [-0.39, 0.29) is 28.1 Å². The van der Waals surface area contributed by atoms with E-state index in [9.17, 15) is 14.9 Å². The van der Waals surface area contributed by atoms with Crippen LogP contribution in [-0.4, -0.2) is 43.6 Å². The van der Waals surface area contributed by atoms with Gasteiger partial charge in [0.25, 0.3) is 11.6 Å². The first-order chi connectivity index (χ1) is 11.9. The van der Waals surface area contributed by atoms with Crippen molar-refractivity contribution in [3.8, 4) is 0 Å². The third kappa shape index (κ3) is 3.42. The quantitative estimate of drug-likeness (QED) is 0.500. The number of piperidine rings is 1. The Morgan fingerprint density at radius 2 is 2.12 bits per heavy atom. The minimum absolute atomic E-state index is 0.0933. The zero-order chi connectivity index (χ0) is 18.1. The van der Waals surface area contributed by atoms with Crippen molar-refractivity contribution in [1.29, 1.82) is 0 Å². The molecule has 0 spiro atoms. The molecule has 0 unspecified atom stereocenters. The molecule has 2 heterocycles. The summed E-state index contributed by atoms with van der Waals surface area (Å²) in [6, 6.07) is 3.91. The molecular weight excluding hydrogens is 366 g/mol. The molecule has 1 saturated heterocycles. The van der Waals surface area contributed by atoms with Gasteiger partial charge in [-0.05, 0) is 31.1 Å². The van der Waals surface area contributed by atoms with Gasteiger partial charge in [-0.2, -0.15) is 5.10 Å². The summed E-state index contributed by atoms with van der Waals surface area (Å²) in [7, 11) is 1.87. The van der Waals surface area contributed by atoms with Crippen LogP contribution in [0.2, 0.25) is 5.02 Å². The lowest BCUT2D eigenvalue weighted by atomic mass is 9.95. The number of aromatic nitrogens is 3. The number of hydrogen-bond acceptors (Lipinski definition) is 5. The van der Waals surface area contributed by atoms with Crippen molar-refractivity contribution >= 4 is 35.4 Å². The summed E-state index contributed by atoms with van der Waals surface area (Å²) >= 11 is 11.2. The number of carbonyl (C=O) groups is 1. The third-order valence-corrected chi connectivity index (χ3v) is 5.13. The fraction of sp³-hybridized carbons (Fsp3) is 0.400. The molecule has 3 rings (SSSR count). The largest absolute Gasteiger partial charge is 0.339 e. The van der Waals surface area contributed by atoms with E-state index in [0.717, 1.165) is 18.7 Å². The number of hydrogen-bond donors (Lipinski definition) is 1. The number of nitro groups is 1. The molecule has 0 aliphatic carbocycles. The third-order valence-electron chi connectivity index (χ3n) is 4.46. The van der Waals surface area contributed by atoms with Gasteiger partial charge in [-0.1, -0.05) is 11.6 Å². The molecule has 1 aliphatic heterocycles. The van der Waals surface area contributed by atoms with Gasteiger partial charge in [0.15, 0.2) is 4.77 Å². The molecule has 8 nitrogen and oxygen atoms in total. The predicted octanol–water partition coefficient (Wildman–Crippen LogP) is 3.06. The maximum atomic E-state index is 12.6. The van der Waals surface area contributed by atoms with Gasteiger partial charge in [-0.15, -0.1) is 0 Å². The number of rotatable bonds is 3. The van der Waals surface area contributed by atoms with E-state index >= 15 is 0 Å². The van der Waals surface area contributed by atoms with Crippen LogP contribution in [0.4, 0.5) is 5.69 Å². The molecule has 0 bridgehead atoms. The molecule has 1 amide bonds. The zero-order valence-electron chi connectivity index (χ0n) is 13.4. The smallest absolute Gasteiger partial charge is 0.270 e. The van der Waals surface area contributed by atoms with Crippen molar-refractivity contribution in [1.82, 2.24) is 19.7 Å². The highest BCUT2D eigenvalue weighted by Crippen LogP contribution is 2.29. The first-order valence-electron chi connectivity index (χ1n) is 7.73. The van der Waals surface area contributed by atoms with Crippen molar-refractivity contribution in [2.45, 2.75) is 18.8 Å². The lowest BCUT2D eigenvalue weighted by Crippen LogP contribution is -2.38. The normalized spacial score (nSPS) is 15.4. The molecule has 0 atom stereocenters. The Morgan fingerprint density at radius 3 is 2.64 bits per heavy atom. The number of non-ortho nitro benzene ring substituents is 1. The number of halogens is 1. The second kappa shape index (κ2) is 6.93. The maximum absolute atomic E-state index is 12.6. The van der Waals surface area contributed by atoms with Gasteiger partial charge < -0.3 is 9.47 Å². The molecule has 1 aromatic carbocycles. The molecule has 1 N–H and O–H groups in total. The Hall–Kier alpha value is -2.26. The molecule has 2 aromatic rings. The number of likely N-dealkylation sites (tertiary alicyclic amines) is 1. The summed E-state index contributed by atoms with van der Waals surface area (Å²) in [5.41, 5.74) is 0.148. The fourth-order valence-electron chi connectivity index (χ4n) is 3.03. The summed E-state index contributed by atoms with van der Waals surface area (Å²) < 4.78 is 2.43. The second-order valence-corrected chi connectivity index (χ2v) is 6.73. The molecular formula is C15H16ClN5O3S. The summed E-state index contributed by atoms with van der Waals surface area (Å²) in [5, 5.41) is 17.9. The average Bonchev–Trinajstić information content (AvgIpc) is 2.93. The number of aromatic amines is 1. The highest BCUT2D eigenvalue weighted by atomic mass is 35.5. The molecule has 25 heavy (non-hydrogen) atoms. The fourth-order valence-corrected chi connectivity index (χ4v) is 3.42. The molecule has 0 saturated carbocycles. The van der Waals surface area contributed by atoms with Gasteiger partial charge in [0.05, 0.1) is 15.5 Å². The van der Waals surface area contributed by atoms with Crippen LogP contribution in [0.25, 0.3) is 0 Å². The van der Waals surface area contributed by atoms with Crippen molar-refractivity contribution < 1.29 is 9.72 Å². The number of nitrogens with zero attached hydrogens (tertiary/aromatic N) is 4. The minimum atomic E-state index is -0.539. The van der Waals surface area contributed by atoms with Crippen LogP contribution in [0.5, 0.6) is 0 Å². The van der Waals surface area contributed by atoms with Gasteiger partial charge in [0, 0.05) is 38.2 Å². The first-order valence-corrected chi connectivity index (χ1v) is 8.51. The molecule has 1 aromatic heterocycles. The van der Waals surface area contributed by atoms with Crippen LogP contribution < -0.4 is 0 Å². The molecule has 10 heteroatoms. The SMILES string of the molecule is Cn1c(C2CCN(C(=O)c3ccc([N+](=O)[O-])cc3Cl)CC2)n[nH]c1=S. The lowest BCUT2D eigenvalue weighted by Gasteiger charge is -2.31. The van der Waals surface area contributed by atoms with E-state index in [4.69, 9.17) is 23.8 Å². The highest BCUT2D eigenvalue weighted by molar-refractivity contribution is 7.71. The maximum Gasteiger partial charge on any atom is 0.270 e. The number of benzene rings is 1. The van der Waals surface area contributed by atoms with E-state index in [1.807, 2.05) is 11.6 Å². The topological polar surface area (TPSA) is 97.1 Å². The molecule has 132 valence electrons. The van der Waals surface area contributed by atoms with Crippen LogP contribution in [0, 0.1) is 14.9 Å². The number of H-pyrrole nitrogens is 1. The molecule has 1 aliphatic rings. The van der Waals surface area contributed by atoms with E-state index in [1.165, 1.54) is 18.2 Å². The first kappa shape index (κ1) is 17.6. The van der Waals surface area contributed by atoms with Crippen molar-refractivity contribution in [2.24, 2.45) is 7.05 Å². The number of nitro benzene ring substituents is 1. The number of nitrogens with one attached hydrogen (secondary N) is 1. The van der Waals surface area contributed by atoms with Gasteiger partial charge in [0.2, 0.25) is 0 Å². The summed E-state index contributed by atoms with van der Waals surface area (Å²) in [5.74, 6) is 0.911. The van der Waals surface area contributed by atoms with Gasteiger partial charge in [-0.3, -0.25) is 20.0 Å². The second-order valence-electron chi connectivity index (χ2n) is 5.93. The van der Waals surface area contributed by atoms with Crippen molar-refractivity contribution in [3.63, 3.8) is 0 Å². The van der Waals surface area contributed by atoms with Crippen molar-refractivity contribution in [3.05, 3.63) is 49.5 Å². The molecule has 0 radical (unpaired) electrons. The van der Waals surface area contributed by atoms with Crippen LogP contribution in [0.3, 0.4) is 0 Å². The monoisotopic (exact) mass is 381 g/mol. The lowest BCUT2D eigenvalue weighted by molar-refractivity contribution is -0.384. The number of amides is 1. The summed E-state index contributed by atoms with van der Waals surface area (Å²) in [6.07, 6.45) is 1.54. The van der Waals surface area contributed by atoms with E-state index in [2.05, 4.69) is 10.2 Å². The standard InChI is InChI=1S/C15H16ClN5O3S/c1-19-13(17-18-15(19)25)9-4-6-20(7-5-9)14(22)11-3-2-10(21(23)24)8-12(11)16/h2-3,8-9H,4-7H2,1H3,(H,18,25). The van der Waals surface area contributed by atoms with E-state index in [0.29, 0.717) is 17.9 Å². The van der Waals surface area contributed by atoms with E-state index in [1.54, 1.807) is 4.90 Å². The van der Waals surface area contributed by atoms with Gasteiger partial charge in [0.1, 0.15) is 5.82 Å². The van der Waals surface area contributed by atoms with Crippen molar-refractivity contribution in [2.75, 3.05) is 13.1 Å². The van der Waals surface area contributed by atoms with Gasteiger partial charge in [-0.25, -0.2) is 0 Å². The molecule has 1 fully saturated rings.